The zero-order valence-electron chi connectivity index (χ0n) is 11.1. The summed E-state index contributed by atoms with van der Waals surface area (Å²) in [5.74, 6) is 1.90. The van der Waals surface area contributed by atoms with E-state index in [-0.39, 0.29) is 0 Å². The van der Waals surface area contributed by atoms with E-state index in [9.17, 15) is 0 Å². The van der Waals surface area contributed by atoms with Crippen molar-refractivity contribution in [1.29, 1.82) is 0 Å². The molecule has 0 amide bonds. The van der Waals surface area contributed by atoms with E-state index in [4.69, 9.17) is 9.15 Å². The SMILES string of the molecule is C=CCCOCc1cc(C)c(CNC(C)C)o1. The summed E-state index contributed by atoms with van der Waals surface area (Å²) in [6, 6.07) is 2.51. The van der Waals surface area contributed by atoms with Gasteiger partial charge in [0.2, 0.25) is 0 Å². The van der Waals surface area contributed by atoms with Crippen LogP contribution in [0.4, 0.5) is 0 Å². The number of ether oxygens (including phenoxy) is 1. The monoisotopic (exact) mass is 237 g/mol. The molecule has 0 aliphatic heterocycles. The van der Waals surface area contributed by atoms with Gasteiger partial charge in [0.25, 0.3) is 0 Å². The summed E-state index contributed by atoms with van der Waals surface area (Å²) in [5, 5.41) is 3.34. The quantitative estimate of drug-likeness (QED) is 0.557. The highest BCUT2D eigenvalue weighted by molar-refractivity contribution is 5.19. The first-order chi connectivity index (χ1) is 8.13. The summed E-state index contributed by atoms with van der Waals surface area (Å²) < 4.78 is 11.2. The second kappa shape index (κ2) is 7.30. The van der Waals surface area contributed by atoms with Gasteiger partial charge >= 0.3 is 0 Å². The number of nitrogens with one attached hydrogen (secondary N) is 1. The van der Waals surface area contributed by atoms with Crippen LogP contribution in [-0.2, 0) is 17.9 Å². The zero-order chi connectivity index (χ0) is 12.7. The highest BCUT2D eigenvalue weighted by Gasteiger charge is 2.07. The molecule has 0 bridgehead atoms. The van der Waals surface area contributed by atoms with Gasteiger partial charge in [0.15, 0.2) is 0 Å². The van der Waals surface area contributed by atoms with Crippen LogP contribution in [0.2, 0.25) is 0 Å². The van der Waals surface area contributed by atoms with E-state index in [1.807, 2.05) is 12.1 Å². The first kappa shape index (κ1) is 14.0. The summed E-state index contributed by atoms with van der Waals surface area (Å²) in [5.41, 5.74) is 1.18. The third-order valence-corrected chi connectivity index (χ3v) is 2.45. The van der Waals surface area contributed by atoms with Crippen LogP contribution in [0.1, 0.15) is 37.4 Å². The summed E-state index contributed by atoms with van der Waals surface area (Å²) in [7, 11) is 0. The molecule has 0 atom stereocenters. The van der Waals surface area contributed by atoms with Crippen molar-refractivity contribution in [1.82, 2.24) is 5.32 Å². The van der Waals surface area contributed by atoms with Crippen molar-refractivity contribution in [2.24, 2.45) is 0 Å². The zero-order valence-corrected chi connectivity index (χ0v) is 11.1. The predicted octanol–water partition coefficient (Wildman–Crippen LogP) is 3.18. The molecule has 0 saturated carbocycles. The molecule has 0 saturated heterocycles. The first-order valence-corrected chi connectivity index (χ1v) is 6.13. The van der Waals surface area contributed by atoms with Crippen LogP contribution in [0, 0.1) is 6.92 Å². The van der Waals surface area contributed by atoms with E-state index in [2.05, 4.69) is 32.7 Å². The Morgan fingerprint density at radius 1 is 1.53 bits per heavy atom. The standard InChI is InChI=1S/C14H23NO2/c1-5-6-7-16-10-13-8-12(4)14(17-13)9-15-11(2)3/h5,8,11,15H,1,6-7,9-10H2,2-4H3. The average Bonchev–Trinajstić information content (AvgIpc) is 2.63. The van der Waals surface area contributed by atoms with Gasteiger partial charge in [0.05, 0.1) is 13.2 Å². The Hall–Kier alpha value is -1.06. The molecule has 1 rings (SSSR count). The minimum atomic E-state index is 0.465. The fourth-order valence-electron chi connectivity index (χ4n) is 1.47. The smallest absolute Gasteiger partial charge is 0.130 e. The summed E-state index contributed by atoms with van der Waals surface area (Å²) >= 11 is 0. The molecule has 1 aromatic heterocycles. The Balaban J connectivity index is 2.41. The van der Waals surface area contributed by atoms with E-state index < -0.39 is 0 Å². The minimum Gasteiger partial charge on any atom is -0.462 e. The molecule has 0 aliphatic rings. The molecule has 0 aliphatic carbocycles. The Labute approximate surface area is 104 Å². The fourth-order valence-corrected chi connectivity index (χ4v) is 1.47. The molecule has 0 unspecified atom stereocenters. The lowest BCUT2D eigenvalue weighted by Gasteiger charge is -2.06. The second-order valence-electron chi connectivity index (χ2n) is 4.48. The van der Waals surface area contributed by atoms with E-state index in [1.165, 1.54) is 5.56 Å². The first-order valence-electron chi connectivity index (χ1n) is 6.13. The van der Waals surface area contributed by atoms with Crippen molar-refractivity contribution in [2.75, 3.05) is 6.61 Å². The molecule has 1 heterocycles. The molecule has 3 nitrogen and oxygen atoms in total. The van der Waals surface area contributed by atoms with Crippen LogP contribution in [0.3, 0.4) is 0 Å². The van der Waals surface area contributed by atoms with Crippen molar-refractivity contribution in [3.63, 3.8) is 0 Å². The maximum atomic E-state index is 5.73. The molecule has 0 aromatic carbocycles. The van der Waals surface area contributed by atoms with Gasteiger partial charge in [-0.25, -0.2) is 0 Å². The summed E-state index contributed by atoms with van der Waals surface area (Å²) in [6.45, 7) is 12.0. The van der Waals surface area contributed by atoms with Gasteiger partial charge in [-0.3, -0.25) is 0 Å². The van der Waals surface area contributed by atoms with Gasteiger partial charge in [-0.1, -0.05) is 19.9 Å². The van der Waals surface area contributed by atoms with Crippen molar-refractivity contribution in [3.05, 3.63) is 35.8 Å². The normalized spacial score (nSPS) is 11.1. The summed E-state index contributed by atoms with van der Waals surface area (Å²) in [6.07, 6.45) is 2.73. The van der Waals surface area contributed by atoms with E-state index >= 15 is 0 Å². The third-order valence-electron chi connectivity index (χ3n) is 2.45. The van der Waals surface area contributed by atoms with Gasteiger partial charge in [0, 0.05) is 6.04 Å². The van der Waals surface area contributed by atoms with Crippen LogP contribution in [0.5, 0.6) is 0 Å². The van der Waals surface area contributed by atoms with Gasteiger partial charge in [-0.2, -0.15) is 0 Å². The van der Waals surface area contributed by atoms with Gasteiger partial charge in [-0.05, 0) is 25.0 Å². The van der Waals surface area contributed by atoms with Gasteiger partial charge < -0.3 is 14.5 Å². The van der Waals surface area contributed by atoms with Crippen LogP contribution in [0.25, 0.3) is 0 Å². The largest absolute Gasteiger partial charge is 0.462 e. The van der Waals surface area contributed by atoms with Crippen LogP contribution >= 0.6 is 0 Å². The number of aryl methyl sites for hydroxylation is 1. The Morgan fingerprint density at radius 3 is 2.94 bits per heavy atom. The molecule has 1 aromatic rings. The summed E-state index contributed by atoms with van der Waals surface area (Å²) in [4.78, 5) is 0. The van der Waals surface area contributed by atoms with Crippen LogP contribution in [0.15, 0.2) is 23.1 Å². The van der Waals surface area contributed by atoms with Crippen LogP contribution < -0.4 is 5.32 Å². The lowest BCUT2D eigenvalue weighted by molar-refractivity contribution is 0.109. The number of hydrogen-bond acceptors (Lipinski definition) is 3. The van der Waals surface area contributed by atoms with Gasteiger partial charge in [0.1, 0.15) is 18.1 Å². The van der Waals surface area contributed by atoms with E-state index in [0.717, 1.165) is 24.5 Å². The van der Waals surface area contributed by atoms with Crippen LogP contribution in [-0.4, -0.2) is 12.6 Å². The van der Waals surface area contributed by atoms with E-state index in [1.54, 1.807) is 0 Å². The van der Waals surface area contributed by atoms with Gasteiger partial charge in [-0.15, -0.1) is 6.58 Å². The maximum absolute atomic E-state index is 5.73. The van der Waals surface area contributed by atoms with E-state index in [0.29, 0.717) is 19.3 Å². The number of furan rings is 1. The maximum Gasteiger partial charge on any atom is 0.130 e. The topological polar surface area (TPSA) is 34.4 Å². The van der Waals surface area contributed by atoms with Crippen molar-refractivity contribution < 1.29 is 9.15 Å². The molecule has 96 valence electrons. The third kappa shape index (κ3) is 5.20. The Morgan fingerprint density at radius 2 is 2.29 bits per heavy atom. The minimum absolute atomic E-state index is 0.465. The highest BCUT2D eigenvalue weighted by atomic mass is 16.5. The lowest BCUT2D eigenvalue weighted by Crippen LogP contribution is -2.21. The van der Waals surface area contributed by atoms with Crippen molar-refractivity contribution in [2.45, 2.75) is 46.4 Å². The molecule has 0 radical (unpaired) electrons. The predicted molar refractivity (Wildman–Crippen MR) is 69.9 cm³/mol. The lowest BCUT2D eigenvalue weighted by atomic mass is 10.2. The average molecular weight is 237 g/mol. The van der Waals surface area contributed by atoms with Crippen molar-refractivity contribution >= 4 is 0 Å². The Bertz CT molecular complexity index is 342. The van der Waals surface area contributed by atoms with Crippen molar-refractivity contribution in [3.8, 4) is 0 Å². The molecule has 1 N–H and O–H groups in total. The second-order valence-corrected chi connectivity index (χ2v) is 4.48. The molecule has 3 heteroatoms. The molecule has 0 spiro atoms. The fraction of sp³-hybridized carbons (Fsp3) is 0.571. The molecular weight excluding hydrogens is 214 g/mol. The molecular formula is C14H23NO2. The number of hydrogen-bond donors (Lipinski definition) is 1. The highest BCUT2D eigenvalue weighted by Crippen LogP contribution is 2.15. The number of rotatable bonds is 8. The molecule has 0 fully saturated rings. The molecule has 17 heavy (non-hydrogen) atoms. The Kier molecular flexibility index (Phi) is 6.01.